The molecule has 0 bridgehead atoms. The number of ketones is 1. The zero-order valence-corrected chi connectivity index (χ0v) is 17.5. The van der Waals surface area contributed by atoms with Gasteiger partial charge in [-0.3, -0.25) is 9.78 Å². The Morgan fingerprint density at radius 3 is 2.78 bits per heavy atom. The molecular formula is C23H21F3N4O2. The Hall–Kier alpha value is -3.41. The van der Waals surface area contributed by atoms with Crippen molar-refractivity contribution in [3.63, 3.8) is 0 Å². The third-order valence-corrected chi connectivity index (χ3v) is 5.96. The summed E-state index contributed by atoms with van der Waals surface area (Å²) in [6.45, 7) is 3.74. The van der Waals surface area contributed by atoms with E-state index >= 15 is 0 Å². The first kappa shape index (κ1) is 21.8. The summed E-state index contributed by atoms with van der Waals surface area (Å²) in [5, 5.41) is 9.10. The number of amidine groups is 1. The molecule has 0 amide bonds. The largest absolute Gasteiger partial charge is 0.462 e. The van der Waals surface area contributed by atoms with E-state index in [1.54, 1.807) is 6.07 Å². The zero-order valence-electron chi connectivity index (χ0n) is 17.5. The van der Waals surface area contributed by atoms with Crippen molar-refractivity contribution in [2.45, 2.75) is 50.7 Å². The van der Waals surface area contributed by atoms with Crippen LogP contribution in [0.4, 0.5) is 13.2 Å². The van der Waals surface area contributed by atoms with E-state index in [9.17, 15) is 18.0 Å². The summed E-state index contributed by atoms with van der Waals surface area (Å²) in [4.78, 5) is 21.0. The van der Waals surface area contributed by atoms with Crippen LogP contribution < -0.4 is 5.73 Å². The fraction of sp³-hybridized carbons (Fsp3) is 0.391. The van der Waals surface area contributed by atoms with Crippen LogP contribution in [0.5, 0.6) is 0 Å². The molecule has 0 spiro atoms. The molecule has 2 aromatic rings. The molecule has 1 aromatic heterocycles. The minimum absolute atomic E-state index is 0.0630. The summed E-state index contributed by atoms with van der Waals surface area (Å²) in [5.41, 5.74) is 4.66. The number of aliphatic imine (C=N–C) groups is 1. The van der Waals surface area contributed by atoms with Gasteiger partial charge in [-0.15, -0.1) is 0 Å². The fourth-order valence-electron chi connectivity index (χ4n) is 4.27. The van der Waals surface area contributed by atoms with Crippen LogP contribution in [0.15, 0.2) is 35.5 Å². The molecule has 0 saturated heterocycles. The Bertz CT molecular complexity index is 1160. The normalized spacial score (nSPS) is 23.9. The van der Waals surface area contributed by atoms with Gasteiger partial charge in [-0.1, -0.05) is 19.9 Å². The van der Waals surface area contributed by atoms with Crippen LogP contribution in [0.1, 0.15) is 58.9 Å². The molecule has 2 heterocycles. The summed E-state index contributed by atoms with van der Waals surface area (Å²) in [5.74, 6) is -1.96. The molecule has 2 aliphatic rings. The highest BCUT2D eigenvalue weighted by Crippen LogP contribution is 2.56. The van der Waals surface area contributed by atoms with Gasteiger partial charge in [0.05, 0.1) is 5.56 Å². The molecule has 4 rings (SSSR count). The van der Waals surface area contributed by atoms with Crippen LogP contribution in [-0.2, 0) is 16.7 Å². The molecule has 0 radical (unpaired) electrons. The van der Waals surface area contributed by atoms with Crippen LogP contribution in [0.2, 0.25) is 0 Å². The van der Waals surface area contributed by atoms with Gasteiger partial charge in [0, 0.05) is 24.1 Å². The fourth-order valence-corrected chi connectivity index (χ4v) is 4.27. The molecule has 0 unspecified atom stereocenters. The molecule has 6 nitrogen and oxygen atoms in total. The monoisotopic (exact) mass is 442 g/mol. The number of carbonyl (C=O) groups is 1. The SMILES string of the molecule is CC(C)c1cc(C#N)cnc1C(=O)Cc1ccc(F)c([C@@]2(C(F)F)N=C(N)O[C@@H]3C[C@@H]32)c1. The first-order valence-electron chi connectivity index (χ1n) is 10.2. The summed E-state index contributed by atoms with van der Waals surface area (Å²) >= 11 is 0. The first-order valence-corrected chi connectivity index (χ1v) is 10.2. The Balaban J connectivity index is 1.71. The minimum Gasteiger partial charge on any atom is -0.462 e. The van der Waals surface area contributed by atoms with E-state index in [0.717, 1.165) is 6.07 Å². The van der Waals surface area contributed by atoms with E-state index in [2.05, 4.69) is 9.98 Å². The molecule has 1 aromatic carbocycles. The predicted molar refractivity (Wildman–Crippen MR) is 110 cm³/mol. The Kier molecular flexibility index (Phi) is 5.41. The molecule has 3 atom stereocenters. The molecule has 2 N–H and O–H groups in total. The number of Topliss-reactive ketones (excluding diaryl/α,β-unsaturated/α-hetero) is 1. The third kappa shape index (κ3) is 3.60. The number of nitrogens with zero attached hydrogens (tertiary/aromatic N) is 3. The van der Waals surface area contributed by atoms with Crippen molar-refractivity contribution < 1.29 is 22.7 Å². The molecule has 1 aliphatic carbocycles. The van der Waals surface area contributed by atoms with Crippen molar-refractivity contribution in [2.24, 2.45) is 16.6 Å². The number of aromatic nitrogens is 1. The van der Waals surface area contributed by atoms with E-state index in [1.165, 1.54) is 18.3 Å². The van der Waals surface area contributed by atoms with Crippen LogP contribution in [0.3, 0.4) is 0 Å². The number of fused-ring (bicyclic) bond motifs is 1. The van der Waals surface area contributed by atoms with E-state index < -0.39 is 35.8 Å². The second-order valence-electron chi connectivity index (χ2n) is 8.42. The number of nitriles is 1. The summed E-state index contributed by atoms with van der Waals surface area (Å²) in [7, 11) is 0. The molecule has 32 heavy (non-hydrogen) atoms. The Morgan fingerprint density at radius 1 is 1.38 bits per heavy atom. The number of hydrogen-bond acceptors (Lipinski definition) is 6. The maximum absolute atomic E-state index is 14.8. The van der Waals surface area contributed by atoms with Gasteiger partial charge in [0.25, 0.3) is 12.4 Å². The molecule has 1 aliphatic heterocycles. The lowest BCUT2D eigenvalue weighted by Crippen LogP contribution is -2.43. The third-order valence-electron chi connectivity index (χ3n) is 5.96. The number of ether oxygens (including phenoxy) is 1. The second kappa shape index (κ2) is 7.93. The average Bonchev–Trinajstić information content (AvgIpc) is 3.53. The van der Waals surface area contributed by atoms with Crippen molar-refractivity contribution >= 4 is 11.8 Å². The second-order valence-corrected chi connectivity index (χ2v) is 8.42. The highest BCUT2D eigenvalue weighted by molar-refractivity contribution is 5.97. The summed E-state index contributed by atoms with van der Waals surface area (Å²) < 4.78 is 48.6. The molecule has 9 heteroatoms. The standard InChI is InChI=1S/C23H21F3N4O2/c1-11(2)14-5-13(9-27)10-29-20(14)18(31)7-12-3-4-17(24)15(6-12)23(21(25)26)16-8-19(16)32-22(28)30-23/h3-6,10-11,16,19,21H,7-8H2,1-2H3,(H2,28,30)/t16-,19+,23+/m0/s1. The molecular weight excluding hydrogens is 421 g/mol. The van der Waals surface area contributed by atoms with Crippen molar-refractivity contribution in [3.05, 3.63) is 64.2 Å². The van der Waals surface area contributed by atoms with Crippen molar-refractivity contribution in [2.75, 3.05) is 0 Å². The van der Waals surface area contributed by atoms with Gasteiger partial charge in [-0.2, -0.15) is 5.26 Å². The number of benzene rings is 1. The van der Waals surface area contributed by atoms with Gasteiger partial charge < -0.3 is 10.5 Å². The minimum atomic E-state index is -3.01. The van der Waals surface area contributed by atoms with Gasteiger partial charge in [-0.25, -0.2) is 18.2 Å². The Morgan fingerprint density at radius 2 is 2.12 bits per heavy atom. The van der Waals surface area contributed by atoms with E-state index in [4.69, 9.17) is 15.7 Å². The molecule has 166 valence electrons. The number of alkyl halides is 2. The number of carbonyl (C=O) groups excluding carboxylic acids is 1. The summed E-state index contributed by atoms with van der Waals surface area (Å²) in [6.07, 6.45) is -2.09. The van der Waals surface area contributed by atoms with Gasteiger partial charge >= 0.3 is 0 Å². The van der Waals surface area contributed by atoms with Crippen molar-refractivity contribution in [1.82, 2.24) is 4.98 Å². The highest BCUT2D eigenvalue weighted by atomic mass is 19.3. The van der Waals surface area contributed by atoms with Crippen LogP contribution >= 0.6 is 0 Å². The van der Waals surface area contributed by atoms with Gasteiger partial charge in [-0.05, 0) is 41.7 Å². The number of pyridine rings is 1. The van der Waals surface area contributed by atoms with E-state index in [-0.39, 0.29) is 29.4 Å². The topological polar surface area (TPSA) is 101 Å². The first-order chi connectivity index (χ1) is 15.2. The van der Waals surface area contributed by atoms with Gasteiger partial charge in [0.1, 0.15) is 23.7 Å². The lowest BCUT2D eigenvalue weighted by Gasteiger charge is -2.33. The smallest absolute Gasteiger partial charge is 0.283 e. The number of halogens is 3. The van der Waals surface area contributed by atoms with Crippen molar-refractivity contribution in [1.29, 1.82) is 5.26 Å². The number of nitrogens with two attached hydrogens (primary N) is 1. The zero-order chi connectivity index (χ0) is 23.2. The van der Waals surface area contributed by atoms with Crippen LogP contribution in [0, 0.1) is 23.1 Å². The van der Waals surface area contributed by atoms with E-state index in [0.29, 0.717) is 23.1 Å². The molecule has 1 saturated carbocycles. The van der Waals surface area contributed by atoms with E-state index in [1.807, 2.05) is 19.9 Å². The van der Waals surface area contributed by atoms with Gasteiger partial charge in [0.2, 0.25) is 0 Å². The summed E-state index contributed by atoms with van der Waals surface area (Å²) in [6, 6.07) is 6.92. The van der Waals surface area contributed by atoms with Crippen molar-refractivity contribution in [3.8, 4) is 6.07 Å². The molecule has 1 fully saturated rings. The van der Waals surface area contributed by atoms with Crippen LogP contribution in [-0.4, -0.2) is 29.3 Å². The quantitative estimate of drug-likeness (QED) is 0.685. The predicted octanol–water partition coefficient (Wildman–Crippen LogP) is 3.83. The van der Waals surface area contributed by atoms with Crippen LogP contribution in [0.25, 0.3) is 0 Å². The maximum Gasteiger partial charge on any atom is 0.283 e. The maximum atomic E-state index is 14.8. The highest BCUT2D eigenvalue weighted by Gasteiger charge is 2.64. The average molecular weight is 442 g/mol. The number of hydrogen-bond donors (Lipinski definition) is 1. The lowest BCUT2D eigenvalue weighted by atomic mass is 9.83. The van der Waals surface area contributed by atoms with Gasteiger partial charge in [0.15, 0.2) is 11.3 Å². The number of rotatable bonds is 6. The Labute approximate surface area is 182 Å². The lowest BCUT2D eigenvalue weighted by molar-refractivity contribution is 0.0176.